The van der Waals surface area contributed by atoms with Gasteiger partial charge in [-0.15, -0.1) is 0 Å². The van der Waals surface area contributed by atoms with E-state index < -0.39 is 0 Å². The monoisotopic (exact) mass is 375 g/mol. The SMILES string of the molecule is Cc1ccc(-n2c(C)cc(/C=C(\C#N)C(=O)N[C@@H]3CCCC[C@@H]3C)c2C)cc1. The van der Waals surface area contributed by atoms with Gasteiger partial charge in [0.15, 0.2) is 0 Å². The molecule has 28 heavy (non-hydrogen) atoms. The Bertz CT molecular complexity index is 928. The number of carbonyl (C=O) groups is 1. The summed E-state index contributed by atoms with van der Waals surface area (Å²) in [5, 5.41) is 12.7. The van der Waals surface area contributed by atoms with Gasteiger partial charge >= 0.3 is 0 Å². The highest BCUT2D eigenvalue weighted by Crippen LogP contribution is 2.25. The van der Waals surface area contributed by atoms with Crippen LogP contribution in [0.25, 0.3) is 11.8 Å². The fraction of sp³-hybridized carbons (Fsp3) is 0.417. The summed E-state index contributed by atoms with van der Waals surface area (Å²) in [6.07, 6.45) is 6.20. The lowest BCUT2D eigenvalue weighted by atomic mass is 9.86. The van der Waals surface area contributed by atoms with Crippen molar-refractivity contribution in [2.45, 2.75) is 59.4 Å². The average Bonchev–Trinajstić information content (AvgIpc) is 2.95. The predicted octanol–water partition coefficient (Wildman–Crippen LogP) is 5.00. The topological polar surface area (TPSA) is 57.8 Å². The zero-order chi connectivity index (χ0) is 20.3. The van der Waals surface area contributed by atoms with Crippen LogP contribution in [0.3, 0.4) is 0 Å². The van der Waals surface area contributed by atoms with E-state index in [2.05, 4.69) is 54.1 Å². The minimum atomic E-state index is -0.263. The number of hydrogen-bond donors (Lipinski definition) is 1. The second-order valence-electron chi connectivity index (χ2n) is 8.01. The van der Waals surface area contributed by atoms with E-state index in [0.29, 0.717) is 5.92 Å². The average molecular weight is 376 g/mol. The Morgan fingerprint density at radius 2 is 1.86 bits per heavy atom. The molecule has 1 N–H and O–H groups in total. The van der Waals surface area contributed by atoms with Crippen molar-refractivity contribution in [1.29, 1.82) is 5.26 Å². The minimum absolute atomic E-state index is 0.165. The molecule has 4 heteroatoms. The van der Waals surface area contributed by atoms with Crippen molar-refractivity contribution >= 4 is 12.0 Å². The first-order valence-corrected chi connectivity index (χ1v) is 10.1. The zero-order valence-electron chi connectivity index (χ0n) is 17.2. The molecule has 1 heterocycles. The lowest BCUT2D eigenvalue weighted by molar-refractivity contribution is -0.118. The maximum Gasteiger partial charge on any atom is 0.262 e. The fourth-order valence-electron chi connectivity index (χ4n) is 4.11. The molecule has 2 aromatic rings. The highest BCUT2D eigenvalue weighted by molar-refractivity contribution is 6.02. The second kappa shape index (κ2) is 8.48. The number of amides is 1. The van der Waals surface area contributed by atoms with E-state index in [4.69, 9.17) is 0 Å². The van der Waals surface area contributed by atoms with Crippen molar-refractivity contribution in [3.05, 3.63) is 58.4 Å². The van der Waals surface area contributed by atoms with Crippen molar-refractivity contribution in [3.8, 4) is 11.8 Å². The molecule has 0 radical (unpaired) electrons. The van der Waals surface area contributed by atoms with Crippen molar-refractivity contribution in [2.24, 2.45) is 5.92 Å². The number of rotatable bonds is 4. The summed E-state index contributed by atoms with van der Waals surface area (Å²) >= 11 is 0. The van der Waals surface area contributed by atoms with Gasteiger partial charge in [-0.25, -0.2) is 0 Å². The summed E-state index contributed by atoms with van der Waals surface area (Å²) in [7, 11) is 0. The van der Waals surface area contributed by atoms with E-state index in [1.165, 1.54) is 12.0 Å². The van der Waals surface area contributed by atoms with Crippen LogP contribution in [-0.4, -0.2) is 16.5 Å². The van der Waals surface area contributed by atoms with Gasteiger partial charge in [-0.05, 0) is 69.4 Å². The smallest absolute Gasteiger partial charge is 0.262 e. The van der Waals surface area contributed by atoms with Crippen molar-refractivity contribution in [2.75, 3.05) is 0 Å². The van der Waals surface area contributed by atoms with E-state index in [-0.39, 0.29) is 17.5 Å². The third kappa shape index (κ3) is 4.20. The molecule has 1 aromatic heterocycles. The summed E-state index contributed by atoms with van der Waals surface area (Å²) in [6, 6.07) is 12.6. The van der Waals surface area contributed by atoms with E-state index in [1.54, 1.807) is 6.08 Å². The molecule has 1 aliphatic rings. The van der Waals surface area contributed by atoms with Gasteiger partial charge < -0.3 is 9.88 Å². The fourth-order valence-corrected chi connectivity index (χ4v) is 4.11. The van der Waals surface area contributed by atoms with Crippen LogP contribution in [0.2, 0.25) is 0 Å². The molecular formula is C24H29N3O. The number of aryl methyl sites for hydroxylation is 2. The van der Waals surface area contributed by atoms with Crippen LogP contribution in [0.4, 0.5) is 0 Å². The predicted molar refractivity (Wildman–Crippen MR) is 113 cm³/mol. The number of benzene rings is 1. The first-order chi connectivity index (χ1) is 13.4. The van der Waals surface area contributed by atoms with Crippen molar-refractivity contribution < 1.29 is 4.79 Å². The largest absolute Gasteiger partial charge is 0.348 e. The van der Waals surface area contributed by atoms with E-state index >= 15 is 0 Å². The highest BCUT2D eigenvalue weighted by Gasteiger charge is 2.24. The van der Waals surface area contributed by atoms with Crippen LogP contribution in [0.5, 0.6) is 0 Å². The third-order valence-corrected chi connectivity index (χ3v) is 5.86. The lowest BCUT2D eigenvalue weighted by Crippen LogP contribution is -2.41. The molecule has 4 nitrogen and oxygen atoms in total. The molecule has 1 amide bonds. The number of nitriles is 1. The minimum Gasteiger partial charge on any atom is -0.348 e. The van der Waals surface area contributed by atoms with Gasteiger partial charge in [-0.3, -0.25) is 4.79 Å². The highest BCUT2D eigenvalue weighted by atomic mass is 16.1. The van der Waals surface area contributed by atoms with Crippen LogP contribution in [0.1, 0.15) is 55.1 Å². The summed E-state index contributed by atoms with van der Waals surface area (Å²) in [5.41, 5.74) is 5.47. The molecular weight excluding hydrogens is 346 g/mol. The van der Waals surface area contributed by atoms with Crippen molar-refractivity contribution in [3.63, 3.8) is 0 Å². The van der Waals surface area contributed by atoms with E-state index in [9.17, 15) is 10.1 Å². The van der Waals surface area contributed by atoms with Gasteiger partial charge in [-0.2, -0.15) is 5.26 Å². The van der Waals surface area contributed by atoms with Crippen LogP contribution in [0.15, 0.2) is 35.9 Å². The Hall–Kier alpha value is -2.80. The number of carbonyl (C=O) groups excluding carboxylic acids is 1. The molecule has 146 valence electrons. The van der Waals surface area contributed by atoms with Gasteiger partial charge in [-0.1, -0.05) is 37.5 Å². The lowest BCUT2D eigenvalue weighted by Gasteiger charge is -2.29. The van der Waals surface area contributed by atoms with Crippen molar-refractivity contribution in [1.82, 2.24) is 9.88 Å². The van der Waals surface area contributed by atoms with E-state index in [0.717, 1.165) is 41.9 Å². The summed E-state index contributed by atoms with van der Waals surface area (Å²) in [6.45, 7) is 8.31. The van der Waals surface area contributed by atoms with Crippen LogP contribution in [-0.2, 0) is 4.79 Å². The molecule has 0 spiro atoms. The van der Waals surface area contributed by atoms with Crippen LogP contribution < -0.4 is 5.32 Å². The van der Waals surface area contributed by atoms with E-state index in [1.807, 2.05) is 19.9 Å². The molecule has 0 bridgehead atoms. The number of hydrogen-bond acceptors (Lipinski definition) is 2. The second-order valence-corrected chi connectivity index (χ2v) is 8.01. The molecule has 2 atom stereocenters. The van der Waals surface area contributed by atoms with Gasteiger partial charge in [0, 0.05) is 23.1 Å². The molecule has 0 aliphatic heterocycles. The Morgan fingerprint density at radius 1 is 1.18 bits per heavy atom. The molecule has 1 aliphatic carbocycles. The van der Waals surface area contributed by atoms with Crippen LogP contribution in [0, 0.1) is 38.0 Å². The first kappa shape index (κ1) is 19.9. The Labute approximate surface area is 167 Å². The Balaban J connectivity index is 1.86. The molecule has 1 fully saturated rings. The van der Waals surface area contributed by atoms with Gasteiger partial charge in [0.25, 0.3) is 5.91 Å². The molecule has 3 rings (SSSR count). The first-order valence-electron chi connectivity index (χ1n) is 10.1. The van der Waals surface area contributed by atoms with Crippen LogP contribution >= 0.6 is 0 Å². The Morgan fingerprint density at radius 3 is 2.50 bits per heavy atom. The summed E-state index contributed by atoms with van der Waals surface area (Å²) in [5.74, 6) is 0.200. The number of aromatic nitrogens is 1. The van der Waals surface area contributed by atoms with Gasteiger partial charge in [0.1, 0.15) is 11.6 Å². The molecule has 0 saturated heterocycles. The maximum atomic E-state index is 12.7. The normalized spacial score (nSPS) is 19.9. The summed E-state index contributed by atoms with van der Waals surface area (Å²) < 4.78 is 2.15. The Kier molecular flexibility index (Phi) is 6.04. The third-order valence-electron chi connectivity index (χ3n) is 5.86. The quantitative estimate of drug-likeness (QED) is 0.603. The number of nitrogens with one attached hydrogen (secondary N) is 1. The summed E-state index contributed by atoms with van der Waals surface area (Å²) in [4.78, 5) is 12.7. The number of nitrogens with zero attached hydrogens (tertiary/aromatic N) is 2. The zero-order valence-corrected chi connectivity index (χ0v) is 17.2. The molecule has 0 unspecified atom stereocenters. The van der Waals surface area contributed by atoms with Gasteiger partial charge in [0.05, 0.1) is 0 Å². The van der Waals surface area contributed by atoms with Gasteiger partial charge in [0.2, 0.25) is 0 Å². The molecule has 1 aromatic carbocycles. The maximum absolute atomic E-state index is 12.7. The molecule has 1 saturated carbocycles. The standard InChI is InChI=1S/C24H29N3O/c1-16-9-11-22(12-10-16)27-18(3)13-20(19(27)4)14-21(15-25)24(28)26-23-8-6-5-7-17(23)2/h9-14,17,23H,5-8H2,1-4H3,(H,26,28)/b21-14+/t17-,23+/m0/s1.